The van der Waals surface area contributed by atoms with Crippen LogP contribution >= 0.6 is 23.4 Å². The number of hydrogen-bond acceptors (Lipinski definition) is 5. The molecule has 0 radical (unpaired) electrons. The number of amides is 1. The van der Waals surface area contributed by atoms with E-state index < -0.39 is 12.1 Å². The quantitative estimate of drug-likeness (QED) is 0.737. The maximum atomic E-state index is 12.6. The summed E-state index contributed by atoms with van der Waals surface area (Å²) in [6, 6.07) is 2.58. The minimum absolute atomic E-state index is 0.153. The number of nitrogens with one attached hydrogen (secondary N) is 2. The normalized spacial score (nSPS) is 21.6. The summed E-state index contributed by atoms with van der Waals surface area (Å²) in [6.45, 7) is 1.16. The lowest BCUT2D eigenvalue weighted by Crippen LogP contribution is -2.55. The van der Waals surface area contributed by atoms with Gasteiger partial charge in [-0.1, -0.05) is 23.4 Å². The van der Waals surface area contributed by atoms with E-state index in [-0.39, 0.29) is 16.5 Å². The molecule has 1 spiro atoms. The molecule has 5 nitrogen and oxygen atoms in total. The maximum absolute atomic E-state index is 12.6. The standard InChI is InChI=1S/C16H14ClF3N2O3S/c17-8-5-9-12(6-11(8)25-16(18,19)20)26-13-10(21-9)7-15(22-14(13)23)1-3-24-4-2-15/h5-6,21H,1-4,7H2,(H,22,23). The molecule has 1 amide bonds. The zero-order chi connectivity index (χ0) is 18.5. The highest BCUT2D eigenvalue weighted by Crippen LogP contribution is 2.48. The van der Waals surface area contributed by atoms with Gasteiger partial charge in [0.2, 0.25) is 0 Å². The van der Waals surface area contributed by atoms with Crippen LogP contribution in [0.25, 0.3) is 0 Å². The van der Waals surface area contributed by atoms with E-state index in [0.717, 1.165) is 17.5 Å². The van der Waals surface area contributed by atoms with Crippen LogP contribution in [-0.2, 0) is 9.53 Å². The highest BCUT2D eigenvalue weighted by atomic mass is 35.5. The van der Waals surface area contributed by atoms with Crippen LogP contribution in [0.3, 0.4) is 0 Å². The summed E-state index contributed by atoms with van der Waals surface area (Å²) < 4.78 is 46.8. The zero-order valence-electron chi connectivity index (χ0n) is 13.3. The van der Waals surface area contributed by atoms with Crippen molar-refractivity contribution < 1.29 is 27.4 Å². The van der Waals surface area contributed by atoms with E-state index in [1.807, 2.05) is 0 Å². The molecule has 1 aromatic rings. The summed E-state index contributed by atoms with van der Waals surface area (Å²) in [4.78, 5) is 13.5. The van der Waals surface area contributed by atoms with Gasteiger partial charge in [0, 0.05) is 30.2 Å². The van der Waals surface area contributed by atoms with E-state index >= 15 is 0 Å². The smallest absolute Gasteiger partial charge is 0.404 e. The molecule has 0 atom stereocenters. The van der Waals surface area contributed by atoms with Crippen molar-refractivity contribution >= 4 is 35.0 Å². The molecular weight excluding hydrogens is 393 g/mol. The highest BCUT2D eigenvalue weighted by molar-refractivity contribution is 8.04. The first-order valence-corrected chi connectivity index (χ1v) is 9.12. The highest BCUT2D eigenvalue weighted by Gasteiger charge is 2.42. The van der Waals surface area contributed by atoms with E-state index in [9.17, 15) is 18.0 Å². The summed E-state index contributed by atoms with van der Waals surface area (Å²) in [5.74, 6) is -0.724. The average molecular weight is 407 g/mol. The number of carbonyl (C=O) groups is 1. The molecule has 1 aromatic carbocycles. The molecule has 1 saturated heterocycles. The molecule has 10 heteroatoms. The first kappa shape index (κ1) is 17.8. The Kier molecular flexibility index (Phi) is 4.28. The Hall–Kier alpha value is -1.58. The van der Waals surface area contributed by atoms with Gasteiger partial charge in [0.05, 0.1) is 21.2 Å². The minimum Gasteiger partial charge on any atom is -0.404 e. The molecule has 4 rings (SSSR count). The van der Waals surface area contributed by atoms with Crippen molar-refractivity contribution in [3.8, 4) is 5.75 Å². The topological polar surface area (TPSA) is 59.6 Å². The van der Waals surface area contributed by atoms with Gasteiger partial charge in [-0.2, -0.15) is 0 Å². The molecule has 0 unspecified atom stereocenters. The maximum Gasteiger partial charge on any atom is 0.573 e. The van der Waals surface area contributed by atoms with E-state index in [0.29, 0.717) is 48.0 Å². The molecule has 26 heavy (non-hydrogen) atoms. The fraction of sp³-hybridized carbons (Fsp3) is 0.438. The lowest BCUT2D eigenvalue weighted by Gasteiger charge is -2.43. The van der Waals surface area contributed by atoms with E-state index in [1.54, 1.807) is 0 Å². The molecule has 140 valence electrons. The number of thioether (sulfide) groups is 1. The van der Waals surface area contributed by atoms with Crippen molar-refractivity contribution in [2.45, 2.75) is 36.1 Å². The predicted octanol–water partition coefficient (Wildman–Crippen LogP) is 4.04. The number of fused-ring (bicyclic) bond motifs is 1. The van der Waals surface area contributed by atoms with Gasteiger partial charge < -0.3 is 20.1 Å². The average Bonchev–Trinajstić information content (AvgIpc) is 2.54. The molecule has 3 heterocycles. The number of benzene rings is 1. The summed E-state index contributed by atoms with van der Waals surface area (Å²) in [5, 5.41) is 6.07. The molecule has 0 aliphatic carbocycles. The molecule has 3 aliphatic heterocycles. The zero-order valence-corrected chi connectivity index (χ0v) is 14.9. The van der Waals surface area contributed by atoms with Crippen molar-refractivity contribution in [1.29, 1.82) is 0 Å². The van der Waals surface area contributed by atoms with Crippen molar-refractivity contribution in [2.75, 3.05) is 18.5 Å². The summed E-state index contributed by atoms with van der Waals surface area (Å²) >= 11 is 7.04. The van der Waals surface area contributed by atoms with Gasteiger partial charge in [0.15, 0.2) is 0 Å². The van der Waals surface area contributed by atoms with Crippen molar-refractivity contribution in [2.24, 2.45) is 0 Å². The largest absolute Gasteiger partial charge is 0.573 e. The van der Waals surface area contributed by atoms with Crippen molar-refractivity contribution in [3.05, 3.63) is 27.8 Å². The monoisotopic (exact) mass is 406 g/mol. The number of alkyl halides is 3. The Bertz CT molecular complexity index is 807. The van der Waals surface area contributed by atoms with Gasteiger partial charge >= 0.3 is 6.36 Å². The van der Waals surface area contributed by atoms with Crippen LogP contribution in [-0.4, -0.2) is 31.0 Å². The van der Waals surface area contributed by atoms with E-state index in [2.05, 4.69) is 15.4 Å². The van der Waals surface area contributed by atoms with Crippen molar-refractivity contribution in [3.63, 3.8) is 0 Å². The van der Waals surface area contributed by atoms with Gasteiger partial charge in [0.25, 0.3) is 5.91 Å². The summed E-state index contributed by atoms with van der Waals surface area (Å²) in [7, 11) is 0. The number of ether oxygens (including phenoxy) is 2. The van der Waals surface area contributed by atoms with Gasteiger partial charge in [-0.05, 0) is 25.0 Å². The van der Waals surface area contributed by atoms with Crippen LogP contribution in [0.4, 0.5) is 18.9 Å². The van der Waals surface area contributed by atoms with Gasteiger partial charge in [-0.3, -0.25) is 4.79 Å². The summed E-state index contributed by atoms with van der Waals surface area (Å²) in [6.07, 6.45) is -2.79. The predicted molar refractivity (Wildman–Crippen MR) is 90.2 cm³/mol. The van der Waals surface area contributed by atoms with Crippen LogP contribution in [0.15, 0.2) is 27.6 Å². The third-order valence-corrected chi connectivity index (χ3v) is 6.07. The lowest BCUT2D eigenvalue weighted by molar-refractivity contribution is -0.274. The van der Waals surface area contributed by atoms with Crippen LogP contribution in [0.5, 0.6) is 5.75 Å². The molecule has 3 aliphatic rings. The fourth-order valence-electron chi connectivity index (χ4n) is 3.36. The number of rotatable bonds is 1. The van der Waals surface area contributed by atoms with Gasteiger partial charge in [-0.15, -0.1) is 13.2 Å². The summed E-state index contributed by atoms with van der Waals surface area (Å²) in [5.41, 5.74) is 0.974. The molecular formula is C16H14ClF3N2O3S. The Labute approximate surface area is 156 Å². The molecule has 0 saturated carbocycles. The Morgan fingerprint density at radius 1 is 1.27 bits per heavy atom. The number of hydrogen-bond donors (Lipinski definition) is 2. The van der Waals surface area contributed by atoms with Gasteiger partial charge in [0.1, 0.15) is 5.75 Å². The second-order valence-corrected chi connectivity index (χ2v) is 7.84. The van der Waals surface area contributed by atoms with Crippen LogP contribution in [0, 0.1) is 0 Å². The molecule has 0 bridgehead atoms. The Morgan fingerprint density at radius 3 is 2.69 bits per heavy atom. The number of halogens is 4. The second kappa shape index (κ2) is 6.24. The lowest BCUT2D eigenvalue weighted by atomic mass is 9.83. The minimum atomic E-state index is -4.84. The van der Waals surface area contributed by atoms with Crippen LogP contribution < -0.4 is 15.4 Å². The first-order chi connectivity index (χ1) is 12.2. The number of carbonyl (C=O) groups excluding carboxylic acids is 1. The third-order valence-electron chi connectivity index (χ3n) is 4.58. The van der Waals surface area contributed by atoms with E-state index in [1.165, 1.54) is 12.1 Å². The molecule has 1 fully saturated rings. The third kappa shape index (κ3) is 3.35. The fourth-order valence-corrected chi connectivity index (χ4v) is 4.56. The number of anilines is 1. The Balaban J connectivity index is 1.63. The van der Waals surface area contributed by atoms with E-state index in [4.69, 9.17) is 16.3 Å². The van der Waals surface area contributed by atoms with Crippen LogP contribution in [0.2, 0.25) is 5.02 Å². The van der Waals surface area contributed by atoms with Gasteiger partial charge in [-0.25, -0.2) is 0 Å². The Morgan fingerprint density at radius 2 is 2.00 bits per heavy atom. The van der Waals surface area contributed by atoms with Crippen LogP contribution in [0.1, 0.15) is 19.3 Å². The SMILES string of the molecule is O=C1NC2(CCOCC2)CC2=C1Sc1cc(OC(F)(F)F)c(Cl)cc1N2. The second-order valence-electron chi connectivity index (χ2n) is 6.38. The molecule has 0 aromatic heterocycles. The van der Waals surface area contributed by atoms with Crippen molar-refractivity contribution in [1.82, 2.24) is 5.32 Å². The molecule has 2 N–H and O–H groups in total. The first-order valence-electron chi connectivity index (χ1n) is 7.92.